The summed E-state index contributed by atoms with van der Waals surface area (Å²) >= 11 is 0. The van der Waals surface area contributed by atoms with E-state index in [1.54, 1.807) is 7.05 Å². The van der Waals surface area contributed by atoms with E-state index in [9.17, 15) is 4.79 Å². The number of carbonyl (C=O) groups excluding carboxylic acids is 1. The molecule has 4 aliphatic carbocycles. The molecule has 5 unspecified atom stereocenters. The zero-order chi connectivity index (χ0) is 9.87. The van der Waals surface area contributed by atoms with Crippen molar-refractivity contribution in [3.63, 3.8) is 0 Å². The molecule has 0 aromatic carbocycles. The maximum absolute atomic E-state index is 11.6. The van der Waals surface area contributed by atoms with E-state index in [1.807, 2.05) is 11.9 Å². The first kappa shape index (κ1) is 8.57. The monoisotopic (exact) mass is 194 g/mol. The Balaban J connectivity index is 1.77. The van der Waals surface area contributed by atoms with Crippen LogP contribution in [0.25, 0.3) is 0 Å². The van der Waals surface area contributed by atoms with Crippen LogP contribution in [0.3, 0.4) is 0 Å². The predicted molar refractivity (Wildman–Crippen MR) is 53.8 cm³/mol. The molecule has 4 rings (SSSR count). The third kappa shape index (κ3) is 0.904. The van der Waals surface area contributed by atoms with Crippen LogP contribution in [0.15, 0.2) is 0 Å². The summed E-state index contributed by atoms with van der Waals surface area (Å²) in [5.41, 5.74) is 0. The fraction of sp³-hybridized carbons (Fsp3) is 0.909. The van der Waals surface area contributed by atoms with Crippen molar-refractivity contribution in [3.8, 4) is 0 Å². The smallest absolute Gasteiger partial charge is 0.317 e. The summed E-state index contributed by atoms with van der Waals surface area (Å²) in [6.45, 7) is 0. The van der Waals surface area contributed by atoms with Gasteiger partial charge in [-0.15, -0.1) is 0 Å². The van der Waals surface area contributed by atoms with Gasteiger partial charge in [0.15, 0.2) is 0 Å². The molecule has 0 aromatic heterocycles. The lowest BCUT2D eigenvalue weighted by molar-refractivity contribution is 0.137. The van der Waals surface area contributed by atoms with Crippen LogP contribution in [-0.4, -0.2) is 31.1 Å². The molecule has 5 atom stereocenters. The first-order chi connectivity index (χ1) is 6.74. The SMILES string of the molecule is CNC(=O)N(C)C1C2CCC3C(C2)C31. The molecular weight excluding hydrogens is 176 g/mol. The van der Waals surface area contributed by atoms with Gasteiger partial charge in [-0.1, -0.05) is 0 Å². The van der Waals surface area contributed by atoms with Gasteiger partial charge in [-0.25, -0.2) is 4.79 Å². The summed E-state index contributed by atoms with van der Waals surface area (Å²) in [5.74, 6) is 3.61. The summed E-state index contributed by atoms with van der Waals surface area (Å²) in [7, 11) is 3.68. The molecule has 4 bridgehead atoms. The molecule has 1 N–H and O–H groups in total. The second-order valence-electron chi connectivity index (χ2n) is 5.13. The van der Waals surface area contributed by atoms with Gasteiger partial charge in [0.25, 0.3) is 0 Å². The number of carbonyl (C=O) groups is 1. The average Bonchev–Trinajstić information content (AvgIpc) is 2.84. The largest absolute Gasteiger partial charge is 0.341 e. The van der Waals surface area contributed by atoms with Gasteiger partial charge in [0.2, 0.25) is 0 Å². The number of hydrogen-bond acceptors (Lipinski definition) is 1. The zero-order valence-electron chi connectivity index (χ0n) is 8.86. The van der Waals surface area contributed by atoms with Crippen molar-refractivity contribution in [1.29, 1.82) is 0 Å². The van der Waals surface area contributed by atoms with E-state index in [-0.39, 0.29) is 6.03 Å². The minimum Gasteiger partial charge on any atom is -0.341 e. The molecule has 0 radical (unpaired) electrons. The lowest BCUT2D eigenvalue weighted by atomic mass is 9.82. The Morgan fingerprint density at radius 1 is 1.36 bits per heavy atom. The molecule has 0 spiro atoms. The highest BCUT2D eigenvalue weighted by Gasteiger charge is 2.65. The van der Waals surface area contributed by atoms with Crippen molar-refractivity contribution in [2.75, 3.05) is 14.1 Å². The topological polar surface area (TPSA) is 32.3 Å². The Bertz CT molecular complexity index is 272. The molecule has 14 heavy (non-hydrogen) atoms. The summed E-state index contributed by atoms with van der Waals surface area (Å²) in [4.78, 5) is 13.5. The molecule has 4 fully saturated rings. The fourth-order valence-corrected chi connectivity index (χ4v) is 4.10. The predicted octanol–water partition coefficient (Wildman–Crippen LogP) is 1.30. The van der Waals surface area contributed by atoms with Gasteiger partial charge in [-0.3, -0.25) is 0 Å². The molecule has 0 aromatic rings. The highest BCUT2D eigenvalue weighted by molar-refractivity contribution is 5.74. The molecule has 4 saturated carbocycles. The highest BCUT2D eigenvalue weighted by Crippen LogP contribution is 2.67. The van der Waals surface area contributed by atoms with Crippen molar-refractivity contribution >= 4 is 6.03 Å². The van der Waals surface area contributed by atoms with E-state index in [0.717, 1.165) is 23.7 Å². The van der Waals surface area contributed by atoms with Crippen molar-refractivity contribution in [2.24, 2.45) is 23.7 Å². The summed E-state index contributed by atoms with van der Waals surface area (Å²) in [6, 6.07) is 0.645. The van der Waals surface area contributed by atoms with Crippen LogP contribution in [0.1, 0.15) is 19.3 Å². The molecule has 4 aliphatic rings. The highest BCUT2D eigenvalue weighted by atomic mass is 16.2. The average molecular weight is 194 g/mol. The summed E-state index contributed by atoms with van der Waals surface area (Å²) < 4.78 is 0. The molecule has 0 aliphatic heterocycles. The number of rotatable bonds is 1. The molecule has 3 nitrogen and oxygen atoms in total. The van der Waals surface area contributed by atoms with Gasteiger partial charge in [0.1, 0.15) is 0 Å². The molecule has 0 heterocycles. The number of hydrogen-bond donors (Lipinski definition) is 1. The Labute approximate surface area is 84.8 Å². The molecule has 3 heteroatoms. The lowest BCUT2D eigenvalue weighted by Crippen LogP contribution is -2.47. The number of urea groups is 1. The number of fused-ring (bicyclic) bond motifs is 1. The van der Waals surface area contributed by atoms with Crippen LogP contribution in [0.2, 0.25) is 0 Å². The second-order valence-corrected chi connectivity index (χ2v) is 5.13. The number of amides is 2. The van der Waals surface area contributed by atoms with Crippen LogP contribution in [0.5, 0.6) is 0 Å². The van der Waals surface area contributed by atoms with Crippen LogP contribution in [-0.2, 0) is 0 Å². The summed E-state index contributed by atoms with van der Waals surface area (Å²) in [6.07, 6.45) is 4.17. The van der Waals surface area contributed by atoms with Crippen LogP contribution >= 0.6 is 0 Å². The zero-order valence-corrected chi connectivity index (χ0v) is 8.86. The van der Waals surface area contributed by atoms with Crippen LogP contribution < -0.4 is 5.32 Å². The lowest BCUT2D eigenvalue weighted by Gasteiger charge is -2.36. The van der Waals surface area contributed by atoms with E-state index in [2.05, 4.69) is 5.32 Å². The molecular formula is C11H18N2O. The van der Waals surface area contributed by atoms with Crippen molar-refractivity contribution < 1.29 is 4.79 Å². The van der Waals surface area contributed by atoms with Crippen molar-refractivity contribution in [2.45, 2.75) is 25.3 Å². The Morgan fingerprint density at radius 3 is 2.64 bits per heavy atom. The van der Waals surface area contributed by atoms with Crippen molar-refractivity contribution in [1.82, 2.24) is 10.2 Å². The molecule has 2 amide bonds. The van der Waals surface area contributed by atoms with Crippen molar-refractivity contribution in [3.05, 3.63) is 0 Å². The Kier molecular flexibility index (Phi) is 1.62. The van der Waals surface area contributed by atoms with Gasteiger partial charge in [0, 0.05) is 20.1 Å². The van der Waals surface area contributed by atoms with E-state index in [1.165, 1.54) is 19.3 Å². The number of nitrogens with zero attached hydrogens (tertiary/aromatic N) is 1. The van der Waals surface area contributed by atoms with Crippen LogP contribution in [0, 0.1) is 23.7 Å². The molecule has 78 valence electrons. The minimum atomic E-state index is 0.0909. The number of nitrogens with one attached hydrogen (secondary N) is 1. The third-order valence-corrected chi connectivity index (χ3v) is 4.70. The fourth-order valence-electron chi connectivity index (χ4n) is 4.10. The Hall–Kier alpha value is -0.730. The second kappa shape index (κ2) is 2.65. The molecule has 0 saturated heterocycles. The quantitative estimate of drug-likeness (QED) is 0.670. The van der Waals surface area contributed by atoms with E-state index < -0.39 is 0 Å². The van der Waals surface area contributed by atoms with Gasteiger partial charge in [-0.2, -0.15) is 0 Å². The normalized spacial score (nSPS) is 47.4. The summed E-state index contributed by atoms with van der Waals surface area (Å²) in [5, 5.41) is 2.73. The van der Waals surface area contributed by atoms with E-state index in [0.29, 0.717) is 6.04 Å². The van der Waals surface area contributed by atoms with Gasteiger partial charge >= 0.3 is 6.03 Å². The first-order valence-corrected chi connectivity index (χ1v) is 5.68. The van der Waals surface area contributed by atoms with Gasteiger partial charge in [0.05, 0.1) is 0 Å². The maximum atomic E-state index is 11.6. The third-order valence-electron chi connectivity index (χ3n) is 4.70. The minimum absolute atomic E-state index is 0.0909. The van der Waals surface area contributed by atoms with Gasteiger partial charge < -0.3 is 10.2 Å². The van der Waals surface area contributed by atoms with Gasteiger partial charge in [-0.05, 0) is 42.9 Å². The first-order valence-electron chi connectivity index (χ1n) is 5.68. The van der Waals surface area contributed by atoms with E-state index in [4.69, 9.17) is 0 Å². The standard InChI is InChI=1S/C11H18N2O/c1-12-11(14)13(2)10-6-3-4-7-8(5-6)9(7)10/h6-10H,3-5H2,1-2H3,(H,12,14). The van der Waals surface area contributed by atoms with Crippen LogP contribution in [0.4, 0.5) is 4.79 Å². The maximum Gasteiger partial charge on any atom is 0.317 e. The Morgan fingerprint density at radius 2 is 2.14 bits per heavy atom. The van der Waals surface area contributed by atoms with E-state index >= 15 is 0 Å².